The number of hydrogen-bond acceptors (Lipinski definition) is 7. The maximum Gasteiger partial charge on any atom is 0.326 e. The minimum Gasteiger partial charge on any atom is -0.497 e. The average Bonchev–Trinajstić information content (AvgIpc) is 3.10. The fourth-order valence-electron chi connectivity index (χ4n) is 3.47. The number of ether oxygens (including phenoxy) is 2. The van der Waals surface area contributed by atoms with Crippen molar-refractivity contribution in [2.24, 2.45) is 10.9 Å². The molecule has 174 valence electrons. The van der Waals surface area contributed by atoms with Gasteiger partial charge in [-0.15, -0.1) is 11.8 Å². The number of fused-ring (bicyclic) bond motifs is 1. The summed E-state index contributed by atoms with van der Waals surface area (Å²) in [6, 6.07) is 5.48. The van der Waals surface area contributed by atoms with E-state index >= 15 is 0 Å². The second-order valence-corrected chi connectivity index (χ2v) is 9.67. The molecule has 1 aliphatic rings. The zero-order valence-corrected chi connectivity index (χ0v) is 20.3. The van der Waals surface area contributed by atoms with Crippen LogP contribution in [-0.2, 0) is 25.7 Å². The third-order valence-corrected chi connectivity index (χ3v) is 7.23. The van der Waals surface area contributed by atoms with Crippen LogP contribution < -0.4 is 9.54 Å². The van der Waals surface area contributed by atoms with Gasteiger partial charge in [-0.3, -0.25) is 14.4 Å². The van der Waals surface area contributed by atoms with Gasteiger partial charge < -0.3 is 18.9 Å². The Hall–Kier alpha value is -2.33. The zero-order chi connectivity index (χ0) is 23.1. The Kier molecular flexibility index (Phi) is 8.75. The van der Waals surface area contributed by atoms with Gasteiger partial charge in [0.1, 0.15) is 12.3 Å². The van der Waals surface area contributed by atoms with E-state index in [1.165, 1.54) is 23.1 Å². The average molecular weight is 480 g/mol. The lowest BCUT2D eigenvalue weighted by Crippen LogP contribution is -2.39. The summed E-state index contributed by atoms with van der Waals surface area (Å²) < 4.78 is 12.9. The Bertz CT molecular complexity index is 1040. The van der Waals surface area contributed by atoms with Crippen molar-refractivity contribution >= 4 is 51.1 Å². The number of carbonyl (C=O) groups excluding carboxylic acids is 3. The Balaban J connectivity index is 1.70. The summed E-state index contributed by atoms with van der Waals surface area (Å²) in [4.78, 5) is 43.5. The largest absolute Gasteiger partial charge is 0.497 e. The quantitative estimate of drug-likeness (QED) is 0.541. The van der Waals surface area contributed by atoms with E-state index in [2.05, 4.69) is 11.9 Å². The molecule has 3 rings (SSSR count). The molecule has 1 aliphatic heterocycles. The SMILES string of the molecule is CCOC(=O)Cn1c(=NC(=O)CSCC(=O)N2CCC(C)CC2)sc2cc(OC)ccc21. The Morgan fingerprint density at radius 3 is 2.66 bits per heavy atom. The van der Waals surface area contributed by atoms with E-state index in [4.69, 9.17) is 9.47 Å². The number of piperidine rings is 1. The van der Waals surface area contributed by atoms with Crippen LogP contribution in [-0.4, -0.2) is 65.6 Å². The summed E-state index contributed by atoms with van der Waals surface area (Å²) in [6.07, 6.45) is 2.06. The number of methoxy groups -OCH3 is 1. The number of hydrogen-bond donors (Lipinski definition) is 0. The van der Waals surface area contributed by atoms with Gasteiger partial charge >= 0.3 is 5.97 Å². The number of carbonyl (C=O) groups is 3. The van der Waals surface area contributed by atoms with Crippen LogP contribution in [0.2, 0.25) is 0 Å². The van der Waals surface area contributed by atoms with E-state index in [-0.39, 0.29) is 36.5 Å². The number of nitrogens with zero attached hydrogens (tertiary/aromatic N) is 3. The van der Waals surface area contributed by atoms with Gasteiger partial charge in [-0.05, 0) is 43.9 Å². The number of thioether (sulfide) groups is 1. The van der Waals surface area contributed by atoms with Crippen LogP contribution in [0.15, 0.2) is 23.2 Å². The molecule has 0 saturated carbocycles. The Morgan fingerprint density at radius 2 is 1.97 bits per heavy atom. The molecule has 0 spiro atoms. The van der Waals surface area contributed by atoms with Crippen LogP contribution in [0.25, 0.3) is 10.2 Å². The first-order valence-corrected chi connectivity index (χ1v) is 12.6. The van der Waals surface area contributed by atoms with Crippen molar-refractivity contribution in [3.05, 3.63) is 23.0 Å². The molecule has 1 aromatic carbocycles. The third-order valence-electron chi connectivity index (χ3n) is 5.29. The molecule has 2 aromatic rings. The standard InChI is InChI=1S/C22H29N3O5S2/c1-4-30-21(28)12-25-17-6-5-16(29-3)11-18(17)32-22(25)23-19(26)13-31-14-20(27)24-9-7-15(2)8-10-24/h5-6,11,15H,4,7-10,12-14H2,1-3H3. The van der Waals surface area contributed by atoms with Gasteiger partial charge in [0.2, 0.25) is 5.91 Å². The fraction of sp³-hybridized carbons (Fsp3) is 0.545. The molecule has 1 fully saturated rings. The van der Waals surface area contributed by atoms with E-state index in [0.717, 1.165) is 36.1 Å². The van der Waals surface area contributed by atoms with Crippen molar-refractivity contribution in [2.45, 2.75) is 33.2 Å². The fourth-order valence-corrected chi connectivity index (χ4v) is 5.24. The molecule has 0 N–H and O–H groups in total. The molecule has 0 atom stereocenters. The van der Waals surface area contributed by atoms with Gasteiger partial charge in [-0.25, -0.2) is 0 Å². The van der Waals surface area contributed by atoms with Crippen molar-refractivity contribution < 1.29 is 23.9 Å². The molecular weight excluding hydrogens is 450 g/mol. The molecule has 0 bridgehead atoms. The zero-order valence-electron chi connectivity index (χ0n) is 18.7. The maximum absolute atomic E-state index is 12.5. The van der Waals surface area contributed by atoms with E-state index < -0.39 is 5.97 Å². The van der Waals surface area contributed by atoms with Gasteiger partial charge in [0, 0.05) is 13.1 Å². The van der Waals surface area contributed by atoms with Crippen LogP contribution in [0.5, 0.6) is 5.75 Å². The van der Waals surface area contributed by atoms with Gasteiger partial charge in [-0.2, -0.15) is 4.99 Å². The maximum atomic E-state index is 12.5. The normalized spacial score (nSPS) is 15.2. The second kappa shape index (κ2) is 11.5. The molecule has 0 unspecified atom stereocenters. The second-order valence-electron chi connectivity index (χ2n) is 7.67. The summed E-state index contributed by atoms with van der Waals surface area (Å²) >= 11 is 2.58. The number of benzene rings is 1. The Morgan fingerprint density at radius 1 is 1.22 bits per heavy atom. The molecule has 2 heterocycles. The monoisotopic (exact) mass is 479 g/mol. The lowest BCUT2D eigenvalue weighted by Gasteiger charge is -2.30. The van der Waals surface area contributed by atoms with E-state index in [9.17, 15) is 14.4 Å². The number of aromatic nitrogens is 1. The lowest BCUT2D eigenvalue weighted by atomic mass is 9.99. The minimum absolute atomic E-state index is 0.0364. The van der Waals surface area contributed by atoms with E-state index in [1.807, 2.05) is 17.0 Å². The van der Waals surface area contributed by atoms with E-state index in [1.54, 1.807) is 24.7 Å². The highest BCUT2D eigenvalue weighted by Gasteiger charge is 2.20. The van der Waals surface area contributed by atoms with Crippen LogP contribution in [0, 0.1) is 5.92 Å². The molecule has 2 amide bonds. The molecular formula is C22H29N3O5S2. The van der Waals surface area contributed by atoms with Crippen molar-refractivity contribution in [3.63, 3.8) is 0 Å². The first kappa shape index (κ1) is 24.3. The van der Waals surface area contributed by atoms with Gasteiger partial charge in [0.25, 0.3) is 5.91 Å². The minimum atomic E-state index is -0.396. The number of amides is 2. The summed E-state index contributed by atoms with van der Waals surface area (Å²) in [6.45, 7) is 5.77. The van der Waals surface area contributed by atoms with E-state index in [0.29, 0.717) is 16.5 Å². The highest BCUT2D eigenvalue weighted by Crippen LogP contribution is 2.23. The number of esters is 1. The van der Waals surface area contributed by atoms with Crippen molar-refractivity contribution in [1.82, 2.24) is 9.47 Å². The predicted octanol–water partition coefficient (Wildman–Crippen LogP) is 2.69. The molecule has 8 nitrogen and oxygen atoms in total. The first-order chi connectivity index (χ1) is 15.4. The van der Waals surface area contributed by atoms with Gasteiger partial charge in [0.05, 0.1) is 35.4 Å². The first-order valence-electron chi connectivity index (χ1n) is 10.7. The van der Waals surface area contributed by atoms with Gasteiger partial charge in [-0.1, -0.05) is 18.3 Å². The molecule has 1 saturated heterocycles. The lowest BCUT2D eigenvalue weighted by molar-refractivity contribution is -0.143. The molecule has 0 aliphatic carbocycles. The predicted molar refractivity (Wildman–Crippen MR) is 126 cm³/mol. The number of rotatable bonds is 8. The Labute approximate surface area is 195 Å². The van der Waals surface area contributed by atoms with Gasteiger partial charge in [0.15, 0.2) is 4.80 Å². The highest BCUT2D eigenvalue weighted by atomic mass is 32.2. The topological polar surface area (TPSA) is 90.2 Å². The summed E-state index contributed by atoms with van der Waals surface area (Å²) in [5, 5.41) is 0. The number of likely N-dealkylation sites (tertiary alicyclic amines) is 1. The van der Waals surface area contributed by atoms with Crippen LogP contribution in [0.4, 0.5) is 0 Å². The van der Waals surface area contributed by atoms with Crippen LogP contribution >= 0.6 is 23.1 Å². The number of thiazole rings is 1. The summed E-state index contributed by atoms with van der Waals surface area (Å²) in [7, 11) is 1.58. The third kappa shape index (κ3) is 6.35. The van der Waals surface area contributed by atoms with Crippen LogP contribution in [0.3, 0.4) is 0 Å². The summed E-state index contributed by atoms with van der Waals surface area (Å²) in [5.41, 5.74) is 0.776. The molecule has 10 heteroatoms. The van der Waals surface area contributed by atoms with Crippen LogP contribution in [0.1, 0.15) is 26.7 Å². The molecule has 32 heavy (non-hydrogen) atoms. The molecule has 1 aromatic heterocycles. The molecule has 0 radical (unpaired) electrons. The highest BCUT2D eigenvalue weighted by molar-refractivity contribution is 8.00. The smallest absolute Gasteiger partial charge is 0.326 e. The van der Waals surface area contributed by atoms with Crippen molar-refractivity contribution in [1.29, 1.82) is 0 Å². The summed E-state index contributed by atoms with van der Waals surface area (Å²) in [5.74, 6) is 1.05. The van der Waals surface area contributed by atoms with Crippen molar-refractivity contribution in [2.75, 3.05) is 38.3 Å². The van der Waals surface area contributed by atoms with Crippen molar-refractivity contribution in [3.8, 4) is 5.75 Å².